The first kappa shape index (κ1) is 21.7. The zero-order chi connectivity index (χ0) is 19.6. The van der Waals surface area contributed by atoms with Crippen LogP contribution in [0, 0.1) is 5.92 Å². The monoisotopic (exact) mass is 383 g/mol. The van der Waals surface area contributed by atoms with Gasteiger partial charge in [0.15, 0.2) is 12.0 Å². The molecule has 154 valence electrons. The number of ether oxygens (including phenoxy) is 3. The van der Waals surface area contributed by atoms with Crippen LogP contribution in [0.5, 0.6) is 0 Å². The summed E-state index contributed by atoms with van der Waals surface area (Å²) in [6.07, 6.45) is 1.23. The van der Waals surface area contributed by atoms with Gasteiger partial charge in [-0.25, -0.2) is 4.68 Å². The quantitative estimate of drug-likeness (QED) is 0.564. The molecular weight excluding hydrogens is 350 g/mol. The smallest absolute Gasteiger partial charge is 0.273 e. The summed E-state index contributed by atoms with van der Waals surface area (Å²) in [6, 6.07) is 0.271. The normalized spacial score (nSPS) is 16.8. The zero-order valence-electron chi connectivity index (χ0n) is 16.9. The van der Waals surface area contributed by atoms with Crippen molar-refractivity contribution in [3.63, 3.8) is 0 Å². The summed E-state index contributed by atoms with van der Waals surface area (Å²) >= 11 is 0. The molecule has 0 aromatic carbocycles. The van der Waals surface area contributed by atoms with Crippen molar-refractivity contribution in [2.24, 2.45) is 5.92 Å². The summed E-state index contributed by atoms with van der Waals surface area (Å²) in [4.78, 5) is 14.8. The first-order chi connectivity index (χ1) is 13.0. The fraction of sp³-hybridized carbons (Fsp3) is 0.833. The average Bonchev–Trinajstić information content (AvgIpc) is 3.11. The van der Waals surface area contributed by atoms with Crippen LogP contribution in [0.1, 0.15) is 38.2 Å². The van der Waals surface area contributed by atoms with E-state index in [2.05, 4.69) is 34.4 Å². The number of carbonyl (C=O) groups is 1. The van der Waals surface area contributed by atoms with Gasteiger partial charge in [0.25, 0.3) is 5.91 Å². The van der Waals surface area contributed by atoms with Crippen LogP contribution in [0.15, 0.2) is 6.20 Å². The van der Waals surface area contributed by atoms with Crippen molar-refractivity contribution in [3.05, 3.63) is 11.9 Å². The molecule has 0 spiro atoms. The Morgan fingerprint density at radius 2 is 1.93 bits per heavy atom. The second-order valence-corrected chi connectivity index (χ2v) is 6.84. The molecule has 1 unspecified atom stereocenters. The van der Waals surface area contributed by atoms with Crippen LogP contribution in [-0.2, 0) is 20.8 Å². The molecule has 0 radical (unpaired) electrons. The number of rotatable bonds is 11. The van der Waals surface area contributed by atoms with E-state index in [1.165, 1.54) is 0 Å². The summed E-state index contributed by atoms with van der Waals surface area (Å²) < 4.78 is 18.0. The van der Waals surface area contributed by atoms with E-state index in [4.69, 9.17) is 14.2 Å². The maximum absolute atomic E-state index is 12.5. The minimum Gasteiger partial charge on any atom is -0.379 e. The van der Waals surface area contributed by atoms with Crippen molar-refractivity contribution in [1.82, 2.24) is 25.2 Å². The van der Waals surface area contributed by atoms with Gasteiger partial charge in [-0.3, -0.25) is 9.69 Å². The highest BCUT2D eigenvalue weighted by Gasteiger charge is 2.25. The van der Waals surface area contributed by atoms with Gasteiger partial charge >= 0.3 is 0 Å². The van der Waals surface area contributed by atoms with Crippen molar-refractivity contribution in [3.8, 4) is 0 Å². The van der Waals surface area contributed by atoms with E-state index in [-0.39, 0.29) is 11.9 Å². The minimum atomic E-state index is -0.399. The van der Waals surface area contributed by atoms with Gasteiger partial charge in [-0.15, -0.1) is 5.10 Å². The van der Waals surface area contributed by atoms with Crippen LogP contribution in [0.3, 0.4) is 0 Å². The van der Waals surface area contributed by atoms with Crippen molar-refractivity contribution in [2.45, 2.75) is 46.6 Å². The summed E-state index contributed by atoms with van der Waals surface area (Å²) in [5.41, 5.74) is 0.297. The third kappa shape index (κ3) is 6.84. The number of nitrogens with one attached hydrogen (secondary N) is 1. The molecule has 9 heteroatoms. The largest absolute Gasteiger partial charge is 0.379 e. The van der Waals surface area contributed by atoms with Crippen LogP contribution in [0.25, 0.3) is 0 Å². The summed E-state index contributed by atoms with van der Waals surface area (Å²) in [7, 11) is 0. The van der Waals surface area contributed by atoms with Gasteiger partial charge < -0.3 is 19.5 Å². The maximum Gasteiger partial charge on any atom is 0.273 e. The highest BCUT2D eigenvalue weighted by atomic mass is 16.7. The second kappa shape index (κ2) is 11.3. The number of aromatic nitrogens is 3. The van der Waals surface area contributed by atoms with Gasteiger partial charge in [-0.05, 0) is 19.8 Å². The lowest BCUT2D eigenvalue weighted by atomic mass is 10.0. The van der Waals surface area contributed by atoms with Crippen molar-refractivity contribution < 1.29 is 19.0 Å². The van der Waals surface area contributed by atoms with Crippen LogP contribution >= 0.6 is 0 Å². The first-order valence-corrected chi connectivity index (χ1v) is 9.78. The van der Waals surface area contributed by atoms with Crippen LogP contribution in [-0.4, -0.2) is 84.2 Å². The van der Waals surface area contributed by atoms with E-state index in [1.807, 2.05) is 13.8 Å². The van der Waals surface area contributed by atoms with E-state index >= 15 is 0 Å². The summed E-state index contributed by atoms with van der Waals surface area (Å²) in [6.45, 7) is 13.5. The molecule has 1 aliphatic rings. The van der Waals surface area contributed by atoms with Gasteiger partial charge in [0.05, 0.1) is 26.0 Å². The number of morpholine rings is 1. The van der Waals surface area contributed by atoms with Gasteiger partial charge in [0.2, 0.25) is 0 Å². The molecule has 1 atom stereocenters. The molecule has 9 nitrogen and oxygen atoms in total. The molecule has 1 aromatic rings. The molecule has 0 saturated carbocycles. The molecule has 1 aromatic heterocycles. The fourth-order valence-electron chi connectivity index (χ4n) is 3.15. The molecule has 1 N–H and O–H groups in total. The Balaban J connectivity index is 1.88. The molecule has 1 saturated heterocycles. The molecule has 2 rings (SSSR count). The third-order valence-corrected chi connectivity index (χ3v) is 4.57. The van der Waals surface area contributed by atoms with Gasteiger partial charge in [0.1, 0.15) is 0 Å². The van der Waals surface area contributed by atoms with E-state index < -0.39 is 6.29 Å². The average molecular weight is 383 g/mol. The molecule has 27 heavy (non-hydrogen) atoms. The third-order valence-electron chi connectivity index (χ3n) is 4.57. The molecule has 1 amide bonds. The van der Waals surface area contributed by atoms with Crippen LogP contribution in [0.4, 0.5) is 0 Å². The standard InChI is InChI=1S/C18H33N5O4/c1-5-26-17(27-6-2)13-23-12-15(20-21-23)18(24)19-11-16(14(3)4)22-7-9-25-10-8-22/h12,14,16-17H,5-11,13H2,1-4H3,(H,19,24). The van der Waals surface area contributed by atoms with Crippen molar-refractivity contribution >= 4 is 5.91 Å². The van der Waals surface area contributed by atoms with Gasteiger partial charge in [-0.1, -0.05) is 19.1 Å². The van der Waals surface area contributed by atoms with Crippen molar-refractivity contribution in [2.75, 3.05) is 46.1 Å². The fourth-order valence-corrected chi connectivity index (χ4v) is 3.15. The molecular formula is C18H33N5O4. The van der Waals surface area contributed by atoms with Gasteiger partial charge in [-0.2, -0.15) is 0 Å². The highest BCUT2D eigenvalue weighted by molar-refractivity contribution is 5.91. The molecule has 0 aliphatic carbocycles. The van der Waals surface area contributed by atoms with E-state index in [9.17, 15) is 4.79 Å². The Hall–Kier alpha value is -1.55. The molecule has 0 bridgehead atoms. The van der Waals surface area contributed by atoms with E-state index in [0.717, 1.165) is 26.3 Å². The SMILES string of the molecule is CCOC(Cn1cc(C(=O)NCC(C(C)C)N2CCOCC2)nn1)OCC. The number of hydrogen-bond donors (Lipinski definition) is 1. The minimum absolute atomic E-state index is 0.218. The van der Waals surface area contributed by atoms with E-state index in [1.54, 1.807) is 10.9 Å². The summed E-state index contributed by atoms with van der Waals surface area (Å²) in [5.74, 6) is 0.210. The predicted octanol–water partition coefficient (Wildman–Crippen LogP) is 0.764. The van der Waals surface area contributed by atoms with Crippen molar-refractivity contribution in [1.29, 1.82) is 0 Å². The molecule has 1 fully saturated rings. The number of amides is 1. The lowest BCUT2D eigenvalue weighted by Gasteiger charge is -2.36. The predicted molar refractivity (Wildman–Crippen MR) is 100 cm³/mol. The summed E-state index contributed by atoms with van der Waals surface area (Å²) in [5, 5.41) is 11.0. The highest BCUT2D eigenvalue weighted by Crippen LogP contribution is 2.12. The van der Waals surface area contributed by atoms with E-state index in [0.29, 0.717) is 37.9 Å². The zero-order valence-corrected chi connectivity index (χ0v) is 16.9. The molecule has 2 heterocycles. The maximum atomic E-state index is 12.5. The Morgan fingerprint density at radius 3 is 2.52 bits per heavy atom. The Morgan fingerprint density at radius 1 is 1.26 bits per heavy atom. The first-order valence-electron chi connectivity index (χ1n) is 9.78. The lowest BCUT2D eigenvalue weighted by molar-refractivity contribution is -0.145. The van der Waals surface area contributed by atoms with Crippen LogP contribution < -0.4 is 5.32 Å². The Bertz CT molecular complexity index is 554. The lowest BCUT2D eigenvalue weighted by Crippen LogP contribution is -2.51. The molecule has 1 aliphatic heterocycles. The Labute approximate surface area is 161 Å². The Kier molecular flexibility index (Phi) is 9.12. The number of carbonyl (C=O) groups excluding carboxylic acids is 1. The van der Waals surface area contributed by atoms with Crippen LogP contribution in [0.2, 0.25) is 0 Å². The van der Waals surface area contributed by atoms with Gasteiger partial charge in [0, 0.05) is 38.9 Å². The second-order valence-electron chi connectivity index (χ2n) is 6.84. The number of hydrogen-bond acceptors (Lipinski definition) is 7. The topological polar surface area (TPSA) is 90.7 Å². The number of nitrogens with zero attached hydrogens (tertiary/aromatic N) is 4.